The van der Waals surface area contributed by atoms with Crippen LogP contribution in [0.1, 0.15) is 82.1 Å². The minimum atomic E-state index is -1.02. The Hall–Kier alpha value is -5.22. The molecule has 0 saturated carbocycles. The molecule has 2 N–H and O–H groups in total. The van der Waals surface area contributed by atoms with E-state index >= 15 is 0 Å². The van der Waals surface area contributed by atoms with Crippen LogP contribution in [0.25, 0.3) is 43.5 Å². The second kappa shape index (κ2) is 9.92. The summed E-state index contributed by atoms with van der Waals surface area (Å²) >= 11 is 0. The molecule has 0 aliphatic heterocycles. The zero-order valence-corrected chi connectivity index (χ0v) is 25.1. The fraction of sp³-hybridized carbons (Fsp3) is 0.150. The lowest BCUT2D eigenvalue weighted by Gasteiger charge is -2.34. The Balaban J connectivity index is 1.73. The van der Waals surface area contributed by atoms with E-state index in [0.29, 0.717) is 11.1 Å². The van der Waals surface area contributed by atoms with E-state index in [2.05, 4.69) is 52.0 Å². The Labute approximate surface area is 255 Å². The first-order valence-electron chi connectivity index (χ1n) is 14.8. The van der Waals surface area contributed by atoms with Crippen LogP contribution in [0.2, 0.25) is 0 Å². The van der Waals surface area contributed by atoms with Crippen molar-refractivity contribution in [2.75, 3.05) is 0 Å². The maximum Gasteiger partial charge on any atom is 0.336 e. The van der Waals surface area contributed by atoms with E-state index in [1.165, 1.54) is 5.56 Å². The number of carboxylic acid groups (broad SMARTS) is 2. The molecular formula is C40H32O4. The molecule has 4 nitrogen and oxygen atoms in total. The topological polar surface area (TPSA) is 74.6 Å². The third-order valence-corrected chi connectivity index (χ3v) is 9.20. The van der Waals surface area contributed by atoms with Gasteiger partial charge in [0.05, 0.1) is 11.1 Å². The average Bonchev–Trinajstić information content (AvgIpc) is 3.01. The number of carbonyl (C=O) groups is 2. The fourth-order valence-corrected chi connectivity index (χ4v) is 7.11. The summed E-state index contributed by atoms with van der Waals surface area (Å²) in [5, 5.41) is 26.9. The molecule has 0 bridgehead atoms. The molecule has 7 rings (SSSR count). The number of hydrogen-bond donors (Lipinski definition) is 2. The van der Waals surface area contributed by atoms with Gasteiger partial charge in [0.15, 0.2) is 0 Å². The van der Waals surface area contributed by atoms with Gasteiger partial charge in [-0.05, 0) is 90.2 Å². The Morgan fingerprint density at radius 2 is 1.25 bits per heavy atom. The summed E-state index contributed by atoms with van der Waals surface area (Å²) in [4.78, 5) is 25.9. The molecule has 0 fully saturated rings. The molecule has 6 aromatic carbocycles. The van der Waals surface area contributed by atoms with Gasteiger partial charge in [-0.1, -0.05) is 112 Å². The lowest BCUT2D eigenvalue weighted by molar-refractivity contribution is 0.0685. The fourth-order valence-electron chi connectivity index (χ4n) is 7.11. The minimum absolute atomic E-state index is 0.115. The lowest BCUT2D eigenvalue weighted by atomic mass is 9.68. The first-order valence-corrected chi connectivity index (χ1v) is 14.8. The third-order valence-electron chi connectivity index (χ3n) is 9.20. The van der Waals surface area contributed by atoms with Crippen molar-refractivity contribution < 1.29 is 19.8 Å². The number of benzene rings is 6. The Morgan fingerprint density at radius 1 is 0.659 bits per heavy atom. The predicted molar refractivity (Wildman–Crippen MR) is 179 cm³/mol. The van der Waals surface area contributed by atoms with Crippen LogP contribution in [-0.4, -0.2) is 22.2 Å². The summed E-state index contributed by atoms with van der Waals surface area (Å²) in [6.07, 6.45) is 0. The van der Waals surface area contributed by atoms with Gasteiger partial charge >= 0.3 is 11.9 Å². The van der Waals surface area contributed by atoms with Crippen LogP contribution in [-0.2, 0) is 5.41 Å². The molecule has 216 valence electrons. The molecule has 0 aromatic heterocycles. The van der Waals surface area contributed by atoms with Crippen molar-refractivity contribution >= 4 is 55.4 Å². The van der Waals surface area contributed by atoms with Crippen molar-refractivity contribution in [1.82, 2.24) is 0 Å². The molecule has 1 unspecified atom stereocenters. The van der Waals surface area contributed by atoms with E-state index < -0.39 is 17.9 Å². The van der Waals surface area contributed by atoms with E-state index in [9.17, 15) is 19.8 Å². The third kappa shape index (κ3) is 4.13. The van der Waals surface area contributed by atoms with Crippen molar-refractivity contribution in [3.63, 3.8) is 0 Å². The summed E-state index contributed by atoms with van der Waals surface area (Å²) in [7, 11) is 0. The highest BCUT2D eigenvalue weighted by atomic mass is 16.4. The number of hydrogen-bond acceptors (Lipinski definition) is 2. The van der Waals surface area contributed by atoms with E-state index in [-0.39, 0.29) is 16.5 Å². The largest absolute Gasteiger partial charge is 0.478 e. The number of rotatable bonds is 4. The zero-order chi connectivity index (χ0) is 30.9. The second-order valence-electron chi connectivity index (χ2n) is 12.8. The highest BCUT2D eigenvalue weighted by molar-refractivity contribution is 6.17. The van der Waals surface area contributed by atoms with Gasteiger partial charge in [0.1, 0.15) is 0 Å². The summed E-state index contributed by atoms with van der Waals surface area (Å²) in [5.74, 6) is -2.57. The van der Waals surface area contributed by atoms with Crippen molar-refractivity contribution in [2.45, 2.75) is 39.0 Å². The van der Waals surface area contributed by atoms with E-state index in [0.717, 1.165) is 54.6 Å². The van der Waals surface area contributed by atoms with Gasteiger partial charge in [-0.3, -0.25) is 0 Å². The van der Waals surface area contributed by atoms with E-state index in [4.69, 9.17) is 0 Å². The molecule has 0 heterocycles. The van der Waals surface area contributed by atoms with Gasteiger partial charge in [-0.2, -0.15) is 0 Å². The number of allylic oxidation sites excluding steroid dienone is 2. The Morgan fingerprint density at radius 3 is 1.91 bits per heavy atom. The first-order chi connectivity index (χ1) is 21.1. The molecule has 0 amide bonds. The van der Waals surface area contributed by atoms with Gasteiger partial charge in [0, 0.05) is 11.5 Å². The first kappa shape index (κ1) is 27.6. The lowest BCUT2D eigenvalue weighted by Crippen LogP contribution is -2.19. The minimum Gasteiger partial charge on any atom is -0.478 e. The quantitative estimate of drug-likeness (QED) is 0.219. The normalized spacial score (nSPS) is 14.9. The van der Waals surface area contributed by atoms with Crippen molar-refractivity contribution in [3.8, 4) is 0 Å². The van der Waals surface area contributed by atoms with Crippen LogP contribution >= 0.6 is 0 Å². The van der Waals surface area contributed by atoms with Crippen molar-refractivity contribution in [3.05, 3.63) is 142 Å². The molecule has 4 heteroatoms. The highest BCUT2D eigenvalue weighted by Gasteiger charge is 2.36. The summed E-state index contributed by atoms with van der Waals surface area (Å²) in [6, 6.07) is 33.5. The summed E-state index contributed by atoms with van der Waals surface area (Å²) in [5.41, 5.74) is 6.58. The maximum absolute atomic E-state index is 13.0. The molecule has 6 aromatic rings. The van der Waals surface area contributed by atoms with Gasteiger partial charge in [0.2, 0.25) is 0 Å². The summed E-state index contributed by atoms with van der Waals surface area (Å²) in [6.45, 7) is 8.65. The Bertz CT molecular complexity index is 2230. The molecule has 1 atom stereocenters. The van der Waals surface area contributed by atoms with Gasteiger partial charge in [-0.15, -0.1) is 0 Å². The van der Waals surface area contributed by atoms with E-state index in [1.807, 2.05) is 66.7 Å². The summed E-state index contributed by atoms with van der Waals surface area (Å²) < 4.78 is 0. The van der Waals surface area contributed by atoms with Gasteiger partial charge in [0.25, 0.3) is 0 Å². The monoisotopic (exact) mass is 576 g/mol. The van der Waals surface area contributed by atoms with Crippen LogP contribution in [0.3, 0.4) is 0 Å². The number of fused-ring (bicyclic) bond motifs is 2. The van der Waals surface area contributed by atoms with Crippen LogP contribution < -0.4 is 0 Å². The smallest absolute Gasteiger partial charge is 0.336 e. The number of carboxylic acids is 2. The highest BCUT2D eigenvalue weighted by Crippen LogP contribution is 2.54. The molecule has 44 heavy (non-hydrogen) atoms. The average molecular weight is 577 g/mol. The van der Waals surface area contributed by atoms with Crippen LogP contribution in [0.5, 0.6) is 0 Å². The van der Waals surface area contributed by atoms with Gasteiger partial charge in [-0.25, -0.2) is 9.59 Å². The molecule has 0 saturated heterocycles. The van der Waals surface area contributed by atoms with Crippen molar-refractivity contribution in [1.29, 1.82) is 0 Å². The van der Waals surface area contributed by atoms with Gasteiger partial charge < -0.3 is 10.2 Å². The van der Waals surface area contributed by atoms with Crippen LogP contribution in [0, 0.1) is 0 Å². The second-order valence-corrected chi connectivity index (χ2v) is 12.8. The SMILES string of the molecule is CC1=C(c2c(C(=O)O)ccc3ccccc23)C(c2c(C(=O)O)ccc3ccccc23)c2cccc3cc(C(C)(C)C)cc1c23. The van der Waals surface area contributed by atoms with Crippen LogP contribution in [0.15, 0.2) is 103 Å². The predicted octanol–water partition coefficient (Wildman–Crippen LogP) is 9.92. The molecule has 0 radical (unpaired) electrons. The Kier molecular flexibility index (Phi) is 6.22. The molecule has 1 aliphatic carbocycles. The molecule has 1 aliphatic rings. The van der Waals surface area contributed by atoms with Crippen molar-refractivity contribution in [2.24, 2.45) is 0 Å². The van der Waals surface area contributed by atoms with Crippen LogP contribution in [0.4, 0.5) is 0 Å². The number of aromatic carboxylic acids is 2. The maximum atomic E-state index is 13.0. The van der Waals surface area contributed by atoms with E-state index in [1.54, 1.807) is 12.1 Å². The standard InChI is InChI=1S/C40H32O4/c1-22-32-21-26(40(2,3)4)20-25-12-9-15-29(34(25)32)37(36-28-14-8-6-11-24(28)17-19-31(36)39(43)44)33(22)35-27-13-7-5-10-23(27)16-18-30(35)38(41)42/h5-21,37H,1-4H3,(H,41,42)(H,43,44). The molecular weight excluding hydrogens is 544 g/mol. The molecule has 0 spiro atoms. The zero-order valence-electron chi connectivity index (χ0n) is 25.1.